The Bertz CT molecular complexity index is 91.0. The number of hydrogen-bond donors (Lipinski definition) is 3. The summed E-state index contributed by atoms with van der Waals surface area (Å²) in [7, 11) is 0. The van der Waals surface area contributed by atoms with E-state index in [4.69, 9.17) is 10.8 Å². The van der Waals surface area contributed by atoms with Crippen LogP contribution in [0.15, 0.2) is 0 Å². The molecule has 4 nitrogen and oxygen atoms in total. The summed E-state index contributed by atoms with van der Waals surface area (Å²) in [5.74, 6) is -0.167. The number of rotatable bonds is 3. The lowest BCUT2D eigenvalue weighted by atomic mass is 10.3. The van der Waals surface area contributed by atoms with Crippen LogP contribution in [0, 0.1) is 0 Å². The molecule has 0 aliphatic rings. The number of nitrogens with two attached hydrogens (primary N) is 1. The van der Waals surface area contributed by atoms with E-state index in [0.29, 0.717) is 0 Å². The van der Waals surface area contributed by atoms with E-state index in [0.717, 1.165) is 0 Å². The van der Waals surface area contributed by atoms with Crippen LogP contribution in [0.5, 0.6) is 0 Å². The van der Waals surface area contributed by atoms with Gasteiger partial charge < -0.3 is 16.2 Å². The molecule has 0 aliphatic carbocycles. The van der Waals surface area contributed by atoms with E-state index in [1.807, 2.05) is 0 Å². The van der Waals surface area contributed by atoms with Gasteiger partial charge in [0.1, 0.15) is 0 Å². The monoisotopic (exact) mass is 132 g/mol. The van der Waals surface area contributed by atoms with Crippen molar-refractivity contribution in [2.45, 2.75) is 13.0 Å². The molecule has 4 heteroatoms. The Labute approximate surface area is 54.0 Å². The summed E-state index contributed by atoms with van der Waals surface area (Å²) in [6.07, 6.45) is 0. The summed E-state index contributed by atoms with van der Waals surface area (Å²) in [5.41, 5.74) is 5.16. The first-order valence-electron chi connectivity index (χ1n) is 2.78. The lowest BCUT2D eigenvalue weighted by Crippen LogP contribution is -2.41. The summed E-state index contributed by atoms with van der Waals surface area (Å²) < 4.78 is 0. The van der Waals surface area contributed by atoms with Crippen molar-refractivity contribution in [3.8, 4) is 0 Å². The Morgan fingerprint density at radius 3 is 2.56 bits per heavy atom. The predicted molar refractivity (Wildman–Crippen MR) is 33.7 cm³/mol. The molecule has 0 bridgehead atoms. The van der Waals surface area contributed by atoms with Crippen molar-refractivity contribution >= 4 is 5.91 Å². The van der Waals surface area contributed by atoms with Crippen molar-refractivity contribution in [2.24, 2.45) is 5.73 Å². The van der Waals surface area contributed by atoms with E-state index in [1.54, 1.807) is 0 Å². The molecule has 0 aromatic heterocycles. The molecule has 0 aromatic rings. The average Bonchev–Trinajstić information content (AvgIpc) is 1.82. The second-order valence-electron chi connectivity index (χ2n) is 1.82. The van der Waals surface area contributed by atoms with Gasteiger partial charge in [-0.25, -0.2) is 0 Å². The zero-order valence-electron chi connectivity index (χ0n) is 5.42. The lowest BCUT2D eigenvalue weighted by Gasteiger charge is -2.10. The van der Waals surface area contributed by atoms with E-state index >= 15 is 0 Å². The summed E-state index contributed by atoms with van der Waals surface area (Å²) in [6.45, 7) is 1.56. The van der Waals surface area contributed by atoms with Crippen LogP contribution in [0.1, 0.15) is 6.92 Å². The van der Waals surface area contributed by atoms with Gasteiger partial charge in [-0.2, -0.15) is 0 Å². The van der Waals surface area contributed by atoms with E-state index in [2.05, 4.69) is 5.32 Å². The molecule has 1 atom stereocenters. The quantitative estimate of drug-likeness (QED) is 0.435. The van der Waals surface area contributed by atoms with Gasteiger partial charge in [-0.3, -0.25) is 4.79 Å². The van der Waals surface area contributed by atoms with Crippen LogP contribution in [-0.2, 0) is 4.79 Å². The molecule has 1 amide bonds. The molecule has 1 unspecified atom stereocenters. The van der Waals surface area contributed by atoms with E-state index in [-0.39, 0.29) is 25.1 Å². The van der Waals surface area contributed by atoms with Crippen molar-refractivity contribution in [2.75, 3.05) is 13.2 Å². The molecule has 0 fully saturated rings. The number of hydrogen-bond acceptors (Lipinski definition) is 3. The maximum absolute atomic E-state index is 10.3. The largest absolute Gasteiger partial charge is 0.394 e. The predicted octanol–water partition coefficient (Wildman–Crippen LogP) is -1.56. The molecule has 0 heterocycles. The minimum Gasteiger partial charge on any atom is -0.394 e. The third-order valence-corrected chi connectivity index (χ3v) is 0.912. The average molecular weight is 132 g/mol. The number of aliphatic hydroxyl groups is 1. The second kappa shape index (κ2) is 4.29. The second-order valence-corrected chi connectivity index (χ2v) is 1.82. The molecule has 0 aromatic carbocycles. The number of carbonyl (C=O) groups excluding carboxylic acids is 1. The van der Waals surface area contributed by atoms with Gasteiger partial charge >= 0.3 is 0 Å². The van der Waals surface area contributed by atoms with Gasteiger partial charge in [0.05, 0.1) is 12.6 Å². The minimum absolute atomic E-state index is 0.101. The molecule has 0 saturated carbocycles. The summed E-state index contributed by atoms with van der Waals surface area (Å²) in [6, 6.07) is -0.289. The van der Waals surface area contributed by atoms with Gasteiger partial charge in [-0.05, 0) is 0 Å². The van der Waals surface area contributed by atoms with Gasteiger partial charge in [-0.1, -0.05) is 0 Å². The highest BCUT2D eigenvalue weighted by Gasteiger charge is 2.03. The van der Waals surface area contributed by atoms with Crippen LogP contribution in [-0.4, -0.2) is 30.2 Å². The fraction of sp³-hybridized carbons (Fsp3) is 0.800. The molecule has 4 N–H and O–H groups in total. The first kappa shape index (κ1) is 8.39. The summed E-state index contributed by atoms with van der Waals surface area (Å²) in [5, 5.41) is 10.9. The van der Waals surface area contributed by atoms with Crippen molar-refractivity contribution in [1.82, 2.24) is 5.32 Å². The summed E-state index contributed by atoms with van der Waals surface area (Å²) >= 11 is 0. The highest BCUT2D eigenvalue weighted by molar-refractivity contribution is 5.73. The molecule has 0 spiro atoms. The number of aliphatic hydroxyl groups excluding tert-OH is 1. The van der Waals surface area contributed by atoms with E-state index in [9.17, 15) is 4.79 Å². The first-order chi connectivity index (χ1) is 4.20. The maximum Gasteiger partial charge on any atom is 0.217 e. The van der Waals surface area contributed by atoms with Crippen LogP contribution >= 0.6 is 0 Å². The summed E-state index contributed by atoms with van der Waals surface area (Å²) in [4.78, 5) is 10.3. The normalized spacial score (nSPS) is 12.8. The standard InChI is InChI=1S/C5H12N2O2/c1-4(9)7-5(2-6)3-8/h5,8H,2-3,6H2,1H3,(H,7,9). The Hall–Kier alpha value is -0.610. The highest BCUT2D eigenvalue weighted by Crippen LogP contribution is 1.75. The zero-order valence-corrected chi connectivity index (χ0v) is 5.42. The minimum atomic E-state index is -0.289. The lowest BCUT2D eigenvalue weighted by molar-refractivity contribution is -0.119. The number of carbonyl (C=O) groups is 1. The molecule has 0 aliphatic heterocycles. The maximum atomic E-state index is 10.3. The van der Waals surface area contributed by atoms with Gasteiger partial charge in [0.2, 0.25) is 5.91 Å². The van der Waals surface area contributed by atoms with E-state index < -0.39 is 0 Å². The van der Waals surface area contributed by atoms with Crippen LogP contribution in [0.3, 0.4) is 0 Å². The molecule has 54 valence electrons. The molecule has 0 rings (SSSR count). The Kier molecular flexibility index (Phi) is 4.00. The smallest absolute Gasteiger partial charge is 0.217 e. The fourth-order valence-corrected chi connectivity index (χ4v) is 0.467. The third-order valence-electron chi connectivity index (χ3n) is 0.912. The topological polar surface area (TPSA) is 75.4 Å². The van der Waals surface area contributed by atoms with Crippen molar-refractivity contribution < 1.29 is 9.90 Å². The van der Waals surface area contributed by atoms with Crippen molar-refractivity contribution in [3.63, 3.8) is 0 Å². The molecule has 0 saturated heterocycles. The van der Waals surface area contributed by atoms with Gasteiger partial charge in [0, 0.05) is 13.5 Å². The van der Waals surface area contributed by atoms with Crippen LogP contribution in [0.4, 0.5) is 0 Å². The highest BCUT2D eigenvalue weighted by atomic mass is 16.3. The SMILES string of the molecule is CC(=O)NC(CN)CO. The van der Waals surface area contributed by atoms with Crippen molar-refractivity contribution in [1.29, 1.82) is 0 Å². The van der Waals surface area contributed by atoms with E-state index in [1.165, 1.54) is 6.92 Å². The van der Waals surface area contributed by atoms with Crippen LogP contribution in [0.25, 0.3) is 0 Å². The molecular weight excluding hydrogens is 120 g/mol. The van der Waals surface area contributed by atoms with Gasteiger partial charge in [0.15, 0.2) is 0 Å². The van der Waals surface area contributed by atoms with Crippen molar-refractivity contribution in [3.05, 3.63) is 0 Å². The molecular formula is C5H12N2O2. The van der Waals surface area contributed by atoms with Crippen LogP contribution in [0.2, 0.25) is 0 Å². The zero-order chi connectivity index (χ0) is 7.28. The fourth-order valence-electron chi connectivity index (χ4n) is 0.467. The first-order valence-corrected chi connectivity index (χ1v) is 2.78. The molecule has 0 radical (unpaired) electrons. The third kappa shape index (κ3) is 3.93. The number of nitrogens with one attached hydrogen (secondary N) is 1. The molecule has 9 heavy (non-hydrogen) atoms. The van der Waals surface area contributed by atoms with Gasteiger partial charge in [0.25, 0.3) is 0 Å². The van der Waals surface area contributed by atoms with Crippen LogP contribution < -0.4 is 11.1 Å². The Morgan fingerprint density at radius 2 is 2.44 bits per heavy atom. The Balaban J connectivity index is 3.43. The number of amides is 1. The van der Waals surface area contributed by atoms with Gasteiger partial charge in [-0.15, -0.1) is 0 Å². The Morgan fingerprint density at radius 1 is 1.89 bits per heavy atom.